The van der Waals surface area contributed by atoms with Gasteiger partial charge in [-0.1, -0.05) is 42.5 Å². The first-order valence-corrected chi connectivity index (χ1v) is 6.76. The van der Waals surface area contributed by atoms with E-state index in [-0.39, 0.29) is 6.04 Å². The van der Waals surface area contributed by atoms with Crippen molar-refractivity contribution in [3.8, 4) is 0 Å². The van der Waals surface area contributed by atoms with Crippen LogP contribution < -0.4 is 0 Å². The molecule has 2 heteroatoms. The fraction of sp³-hybridized carbons (Fsp3) is 0.111. The van der Waals surface area contributed by atoms with Crippen molar-refractivity contribution in [2.24, 2.45) is 4.99 Å². The number of aliphatic imine (C=N–C) groups is 1. The maximum atomic E-state index is 4.58. The lowest BCUT2D eigenvalue weighted by Crippen LogP contribution is -1.92. The van der Waals surface area contributed by atoms with Crippen LogP contribution in [-0.4, -0.2) is 11.2 Å². The molecule has 20 heavy (non-hydrogen) atoms. The van der Waals surface area contributed by atoms with Gasteiger partial charge in [-0.25, -0.2) is 0 Å². The molecule has 2 nitrogen and oxygen atoms in total. The van der Waals surface area contributed by atoms with Crippen molar-refractivity contribution in [2.75, 3.05) is 0 Å². The van der Waals surface area contributed by atoms with Gasteiger partial charge in [0.15, 0.2) is 0 Å². The van der Waals surface area contributed by atoms with E-state index >= 15 is 0 Å². The highest BCUT2D eigenvalue weighted by atomic mass is 14.8. The minimum Gasteiger partial charge on any atom is -0.283 e. The second kappa shape index (κ2) is 5.66. The summed E-state index contributed by atoms with van der Waals surface area (Å²) in [5.41, 5.74) is 2.11. The summed E-state index contributed by atoms with van der Waals surface area (Å²) in [5, 5.41) is 2.52. The Morgan fingerprint density at radius 2 is 1.75 bits per heavy atom. The second-order valence-corrected chi connectivity index (χ2v) is 4.82. The Morgan fingerprint density at radius 1 is 0.950 bits per heavy atom. The first kappa shape index (κ1) is 12.5. The molecule has 0 saturated carbocycles. The van der Waals surface area contributed by atoms with Crippen molar-refractivity contribution in [1.29, 1.82) is 0 Å². The largest absolute Gasteiger partial charge is 0.283 e. The average molecular weight is 260 g/mol. The lowest BCUT2D eigenvalue weighted by Gasteiger charge is -2.08. The molecule has 3 aromatic rings. The van der Waals surface area contributed by atoms with Crippen LogP contribution in [0.25, 0.3) is 10.8 Å². The molecule has 0 aliphatic heterocycles. The van der Waals surface area contributed by atoms with E-state index in [4.69, 9.17) is 0 Å². The van der Waals surface area contributed by atoms with E-state index in [2.05, 4.69) is 59.4 Å². The van der Waals surface area contributed by atoms with Crippen molar-refractivity contribution < 1.29 is 0 Å². The molecule has 0 fully saturated rings. The molecule has 0 N–H and O–H groups in total. The lowest BCUT2D eigenvalue weighted by molar-refractivity contribution is 0.826. The third-order valence-corrected chi connectivity index (χ3v) is 3.37. The van der Waals surface area contributed by atoms with Gasteiger partial charge in [0, 0.05) is 12.4 Å². The molecule has 3 rings (SSSR count). The smallest absolute Gasteiger partial charge is 0.0808 e. The summed E-state index contributed by atoms with van der Waals surface area (Å²) in [6, 6.07) is 20.8. The molecular formula is C18H16N2. The molecule has 0 unspecified atom stereocenters. The molecule has 98 valence electrons. The van der Waals surface area contributed by atoms with E-state index in [1.165, 1.54) is 16.3 Å². The minimum absolute atomic E-state index is 0.126. The van der Waals surface area contributed by atoms with Gasteiger partial charge >= 0.3 is 0 Å². The molecule has 0 spiro atoms. The summed E-state index contributed by atoms with van der Waals surface area (Å²) in [5.74, 6) is 0. The van der Waals surface area contributed by atoms with Gasteiger partial charge in [0.25, 0.3) is 0 Å². The minimum atomic E-state index is 0.126. The maximum absolute atomic E-state index is 4.58. The fourth-order valence-corrected chi connectivity index (χ4v) is 2.19. The van der Waals surface area contributed by atoms with E-state index in [9.17, 15) is 0 Å². The summed E-state index contributed by atoms with van der Waals surface area (Å²) in [6.07, 6.45) is 3.61. The van der Waals surface area contributed by atoms with Gasteiger partial charge in [-0.15, -0.1) is 0 Å². The predicted molar refractivity (Wildman–Crippen MR) is 84.2 cm³/mol. The van der Waals surface area contributed by atoms with Crippen molar-refractivity contribution in [3.63, 3.8) is 0 Å². The van der Waals surface area contributed by atoms with Gasteiger partial charge in [-0.3, -0.25) is 9.98 Å². The Bertz CT molecular complexity index is 733. The quantitative estimate of drug-likeness (QED) is 0.640. The Balaban J connectivity index is 1.85. The molecule has 0 aliphatic rings. The van der Waals surface area contributed by atoms with Crippen LogP contribution in [0, 0.1) is 0 Å². The highest BCUT2D eigenvalue weighted by Crippen LogP contribution is 2.22. The van der Waals surface area contributed by atoms with Gasteiger partial charge in [0.05, 0.1) is 11.7 Å². The van der Waals surface area contributed by atoms with Gasteiger partial charge in [-0.2, -0.15) is 0 Å². The zero-order chi connectivity index (χ0) is 13.8. The van der Waals surface area contributed by atoms with E-state index < -0.39 is 0 Å². The van der Waals surface area contributed by atoms with Crippen LogP contribution in [0.1, 0.15) is 24.2 Å². The van der Waals surface area contributed by atoms with Crippen LogP contribution >= 0.6 is 0 Å². The summed E-state index contributed by atoms with van der Waals surface area (Å²) in [6.45, 7) is 2.10. The van der Waals surface area contributed by atoms with Crippen LogP contribution in [0.2, 0.25) is 0 Å². The standard InChI is InChI=1S/C18H16N2/c1-14(20-13-18-8-4-5-11-19-18)16-10-9-15-6-2-3-7-17(15)12-16/h2-14H,1H3/b20-13+/t14-/m0/s1. The van der Waals surface area contributed by atoms with Gasteiger partial charge in [0.1, 0.15) is 0 Å². The van der Waals surface area contributed by atoms with E-state index in [0.29, 0.717) is 0 Å². The number of fused-ring (bicyclic) bond motifs is 1. The van der Waals surface area contributed by atoms with Crippen molar-refractivity contribution in [1.82, 2.24) is 4.98 Å². The summed E-state index contributed by atoms with van der Waals surface area (Å²) < 4.78 is 0. The van der Waals surface area contributed by atoms with Gasteiger partial charge in [-0.05, 0) is 41.5 Å². The van der Waals surface area contributed by atoms with Crippen LogP contribution in [0.3, 0.4) is 0 Å². The molecule has 0 saturated heterocycles. The number of benzene rings is 2. The van der Waals surface area contributed by atoms with Crippen molar-refractivity contribution in [3.05, 3.63) is 78.1 Å². The Labute approximate surface area is 118 Å². The van der Waals surface area contributed by atoms with Crippen LogP contribution in [-0.2, 0) is 0 Å². The number of rotatable bonds is 3. The summed E-state index contributed by atoms with van der Waals surface area (Å²) in [4.78, 5) is 8.83. The Kier molecular flexibility index (Phi) is 3.55. The van der Waals surface area contributed by atoms with Crippen LogP contribution in [0.5, 0.6) is 0 Å². The Hall–Kier alpha value is -2.48. The van der Waals surface area contributed by atoms with E-state index in [0.717, 1.165) is 5.69 Å². The molecular weight excluding hydrogens is 244 g/mol. The average Bonchev–Trinajstić information content (AvgIpc) is 2.53. The molecule has 0 radical (unpaired) electrons. The lowest BCUT2D eigenvalue weighted by atomic mass is 10.0. The maximum Gasteiger partial charge on any atom is 0.0808 e. The number of hydrogen-bond acceptors (Lipinski definition) is 2. The van der Waals surface area contributed by atoms with Crippen molar-refractivity contribution >= 4 is 17.0 Å². The summed E-state index contributed by atoms with van der Waals surface area (Å²) >= 11 is 0. The zero-order valence-electron chi connectivity index (χ0n) is 11.4. The molecule has 1 atom stereocenters. The highest BCUT2D eigenvalue weighted by molar-refractivity contribution is 5.83. The number of hydrogen-bond donors (Lipinski definition) is 0. The first-order chi connectivity index (χ1) is 9.83. The predicted octanol–water partition coefficient (Wildman–Crippen LogP) is 4.41. The van der Waals surface area contributed by atoms with Gasteiger partial charge in [0.2, 0.25) is 0 Å². The topological polar surface area (TPSA) is 25.2 Å². The Morgan fingerprint density at radius 3 is 2.55 bits per heavy atom. The number of pyridine rings is 1. The van der Waals surface area contributed by atoms with Crippen molar-refractivity contribution in [2.45, 2.75) is 13.0 Å². The summed E-state index contributed by atoms with van der Waals surface area (Å²) in [7, 11) is 0. The van der Waals surface area contributed by atoms with E-state index in [1.807, 2.05) is 24.4 Å². The number of aromatic nitrogens is 1. The van der Waals surface area contributed by atoms with Gasteiger partial charge < -0.3 is 0 Å². The zero-order valence-corrected chi connectivity index (χ0v) is 11.4. The van der Waals surface area contributed by atoms with E-state index in [1.54, 1.807) is 6.20 Å². The molecule has 0 bridgehead atoms. The molecule has 0 amide bonds. The first-order valence-electron chi connectivity index (χ1n) is 6.76. The second-order valence-electron chi connectivity index (χ2n) is 4.82. The van der Waals surface area contributed by atoms with Crippen LogP contribution in [0.15, 0.2) is 71.9 Å². The SMILES string of the molecule is C[C@H](/N=C/c1ccccn1)c1ccc2ccccc2c1. The molecule has 0 aliphatic carbocycles. The third kappa shape index (κ3) is 2.75. The van der Waals surface area contributed by atoms with Crippen LogP contribution in [0.4, 0.5) is 0 Å². The molecule has 2 aromatic carbocycles. The fourth-order valence-electron chi connectivity index (χ4n) is 2.19. The monoisotopic (exact) mass is 260 g/mol. The highest BCUT2D eigenvalue weighted by Gasteiger charge is 2.03. The third-order valence-electron chi connectivity index (χ3n) is 3.37. The molecule has 1 heterocycles. The molecule has 1 aromatic heterocycles. The normalized spacial score (nSPS) is 12.8. The number of nitrogens with zero attached hydrogens (tertiary/aromatic N) is 2.